The minimum atomic E-state index is 0. The summed E-state index contributed by atoms with van der Waals surface area (Å²) in [6.45, 7) is 5.72. The predicted octanol–water partition coefficient (Wildman–Crippen LogP) is 2.83. The second-order valence-electron chi connectivity index (χ2n) is 5.77. The molecule has 1 aliphatic rings. The van der Waals surface area contributed by atoms with Crippen molar-refractivity contribution in [2.45, 2.75) is 51.7 Å². The summed E-state index contributed by atoms with van der Waals surface area (Å²) in [7, 11) is 0. The molecule has 0 aliphatic carbocycles. The molecule has 2 atom stereocenters. The van der Waals surface area contributed by atoms with E-state index in [9.17, 15) is 4.79 Å². The van der Waals surface area contributed by atoms with Gasteiger partial charge in [0.05, 0.1) is 6.54 Å². The minimum Gasteiger partial charge on any atom is -0.489 e. The molecule has 0 aromatic heterocycles. The number of hydrogen-bond donors (Lipinski definition) is 2. The van der Waals surface area contributed by atoms with E-state index in [0.29, 0.717) is 19.0 Å². The van der Waals surface area contributed by atoms with Crippen LogP contribution in [0.4, 0.5) is 0 Å². The van der Waals surface area contributed by atoms with Crippen LogP contribution in [0.5, 0.6) is 5.75 Å². The summed E-state index contributed by atoms with van der Waals surface area (Å²) in [5, 5.41) is 6.33. The van der Waals surface area contributed by atoms with Crippen molar-refractivity contribution in [2.24, 2.45) is 0 Å². The van der Waals surface area contributed by atoms with Crippen LogP contribution in [0.15, 0.2) is 24.3 Å². The van der Waals surface area contributed by atoms with E-state index >= 15 is 0 Å². The van der Waals surface area contributed by atoms with E-state index in [1.54, 1.807) is 0 Å². The van der Waals surface area contributed by atoms with Crippen LogP contribution in [-0.2, 0) is 4.79 Å². The maximum atomic E-state index is 11.9. The summed E-state index contributed by atoms with van der Waals surface area (Å²) in [6.07, 6.45) is 3.74. The molecule has 1 heterocycles. The molecule has 1 aromatic carbocycles. The Bertz CT molecular complexity index is 462. The molecule has 1 aromatic rings. The Kier molecular flexibility index (Phi) is 8.28. The maximum absolute atomic E-state index is 11.9. The highest BCUT2D eigenvalue weighted by Gasteiger charge is 2.18. The van der Waals surface area contributed by atoms with Crippen LogP contribution in [0.2, 0.25) is 0 Å². The smallest absolute Gasteiger partial charge is 0.221 e. The Hall–Kier alpha value is -1.26. The number of aryl methyl sites for hydroxylation is 1. The normalized spacial score (nSPS) is 18.4. The number of amides is 1. The zero-order chi connectivity index (χ0) is 15.1. The first-order chi connectivity index (χ1) is 10.2. The Morgan fingerprint density at radius 2 is 2.32 bits per heavy atom. The van der Waals surface area contributed by atoms with Gasteiger partial charge in [-0.3, -0.25) is 4.79 Å². The molecule has 0 spiro atoms. The minimum absolute atomic E-state index is 0. The number of carbonyl (C=O) groups excluding carboxylic acids is 1. The van der Waals surface area contributed by atoms with Gasteiger partial charge in [0.2, 0.25) is 5.91 Å². The number of nitrogens with one attached hydrogen (secondary N) is 2. The lowest BCUT2D eigenvalue weighted by molar-refractivity contribution is -0.121. The molecule has 4 nitrogen and oxygen atoms in total. The second kappa shape index (κ2) is 9.70. The monoisotopic (exact) mass is 326 g/mol. The van der Waals surface area contributed by atoms with Gasteiger partial charge < -0.3 is 15.4 Å². The number of halogens is 1. The van der Waals surface area contributed by atoms with E-state index < -0.39 is 0 Å². The quantitative estimate of drug-likeness (QED) is 0.810. The van der Waals surface area contributed by atoms with Crippen LogP contribution in [0.1, 0.15) is 38.2 Å². The van der Waals surface area contributed by atoms with Crippen molar-refractivity contribution in [1.29, 1.82) is 0 Å². The Balaban J connectivity index is 0.00000242. The molecule has 1 saturated heterocycles. The van der Waals surface area contributed by atoms with E-state index in [1.807, 2.05) is 31.2 Å². The third-order valence-electron chi connectivity index (χ3n) is 3.87. The van der Waals surface area contributed by atoms with Crippen LogP contribution in [-0.4, -0.2) is 31.1 Å². The molecule has 22 heavy (non-hydrogen) atoms. The molecule has 1 amide bonds. The molecule has 1 aliphatic heterocycles. The number of ether oxygens (including phenoxy) is 1. The van der Waals surface area contributed by atoms with E-state index in [0.717, 1.165) is 25.1 Å². The molecule has 5 heteroatoms. The van der Waals surface area contributed by atoms with Gasteiger partial charge in [-0.25, -0.2) is 0 Å². The topological polar surface area (TPSA) is 50.4 Å². The lowest BCUT2D eigenvalue weighted by Gasteiger charge is -2.19. The van der Waals surface area contributed by atoms with Crippen molar-refractivity contribution in [3.05, 3.63) is 29.8 Å². The fourth-order valence-corrected chi connectivity index (χ4v) is 2.61. The van der Waals surface area contributed by atoms with Crippen molar-refractivity contribution in [3.63, 3.8) is 0 Å². The van der Waals surface area contributed by atoms with Crippen molar-refractivity contribution in [3.8, 4) is 5.75 Å². The van der Waals surface area contributed by atoms with Gasteiger partial charge in [0.25, 0.3) is 0 Å². The van der Waals surface area contributed by atoms with Gasteiger partial charge >= 0.3 is 0 Å². The second-order valence-corrected chi connectivity index (χ2v) is 5.77. The molecule has 1 fully saturated rings. The highest BCUT2D eigenvalue weighted by molar-refractivity contribution is 5.85. The number of hydrogen-bond acceptors (Lipinski definition) is 3. The highest BCUT2D eigenvalue weighted by atomic mass is 35.5. The molecule has 124 valence electrons. The largest absolute Gasteiger partial charge is 0.489 e. The third-order valence-corrected chi connectivity index (χ3v) is 3.87. The summed E-state index contributed by atoms with van der Waals surface area (Å²) in [4.78, 5) is 11.9. The van der Waals surface area contributed by atoms with Crippen LogP contribution in [0.25, 0.3) is 0 Å². The van der Waals surface area contributed by atoms with Crippen LogP contribution in [0.3, 0.4) is 0 Å². The first-order valence-electron chi connectivity index (χ1n) is 7.90. The maximum Gasteiger partial charge on any atom is 0.221 e. The van der Waals surface area contributed by atoms with Crippen molar-refractivity contribution >= 4 is 18.3 Å². The fourth-order valence-electron chi connectivity index (χ4n) is 2.61. The number of rotatable bonds is 7. The fraction of sp³-hybridized carbons (Fsp3) is 0.588. The summed E-state index contributed by atoms with van der Waals surface area (Å²) >= 11 is 0. The average Bonchev–Trinajstić information content (AvgIpc) is 2.96. The van der Waals surface area contributed by atoms with Gasteiger partial charge in [-0.15, -0.1) is 12.4 Å². The van der Waals surface area contributed by atoms with Crippen LogP contribution < -0.4 is 15.4 Å². The summed E-state index contributed by atoms with van der Waals surface area (Å²) in [5.74, 6) is 0.981. The van der Waals surface area contributed by atoms with Gasteiger partial charge in [-0.05, 0) is 50.4 Å². The Labute approximate surface area is 139 Å². The molecule has 0 radical (unpaired) electrons. The first kappa shape index (κ1) is 18.8. The molecular weight excluding hydrogens is 300 g/mol. The highest BCUT2D eigenvalue weighted by Crippen LogP contribution is 2.15. The van der Waals surface area contributed by atoms with Gasteiger partial charge in [0.1, 0.15) is 11.9 Å². The van der Waals surface area contributed by atoms with Gasteiger partial charge in [0, 0.05) is 12.5 Å². The van der Waals surface area contributed by atoms with Crippen LogP contribution in [0, 0.1) is 6.92 Å². The molecule has 2 rings (SSSR count). The lowest BCUT2D eigenvalue weighted by atomic mass is 10.1. The van der Waals surface area contributed by atoms with E-state index in [2.05, 4.69) is 17.6 Å². The molecule has 2 N–H and O–H groups in total. The van der Waals surface area contributed by atoms with Gasteiger partial charge in [0.15, 0.2) is 0 Å². The van der Waals surface area contributed by atoms with E-state index in [4.69, 9.17) is 4.74 Å². The van der Waals surface area contributed by atoms with Gasteiger partial charge in [-0.1, -0.05) is 19.1 Å². The standard InChI is InChI=1S/C17H26N2O2.ClH/c1-3-15(21-16-8-4-6-13(2)10-16)12-19-17(20)11-14-7-5-9-18-14;/h4,6,8,10,14-15,18H,3,5,7,9,11-12H2,1-2H3,(H,19,20);1H. The third kappa shape index (κ3) is 6.24. The predicted molar refractivity (Wildman–Crippen MR) is 91.8 cm³/mol. The van der Waals surface area contributed by atoms with Crippen molar-refractivity contribution < 1.29 is 9.53 Å². The average molecular weight is 327 g/mol. The number of benzene rings is 1. The van der Waals surface area contributed by atoms with Crippen molar-refractivity contribution in [1.82, 2.24) is 10.6 Å². The summed E-state index contributed by atoms with van der Waals surface area (Å²) < 4.78 is 5.93. The van der Waals surface area contributed by atoms with Crippen LogP contribution >= 0.6 is 12.4 Å². The Morgan fingerprint density at radius 3 is 2.95 bits per heavy atom. The number of carbonyl (C=O) groups is 1. The summed E-state index contributed by atoms with van der Waals surface area (Å²) in [5.41, 5.74) is 1.18. The molecular formula is C17H27ClN2O2. The SMILES string of the molecule is CCC(CNC(=O)CC1CCCN1)Oc1cccc(C)c1.Cl. The first-order valence-corrected chi connectivity index (χ1v) is 7.90. The molecule has 0 saturated carbocycles. The van der Waals surface area contributed by atoms with E-state index in [1.165, 1.54) is 12.0 Å². The lowest BCUT2D eigenvalue weighted by Crippen LogP contribution is -2.37. The van der Waals surface area contributed by atoms with Gasteiger partial charge in [-0.2, -0.15) is 0 Å². The zero-order valence-electron chi connectivity index (χ0n) is 13.4. The summed E-state index contributed by atoms with van der Waals surface area (Å²) in [6, 6.07) is 8.36. The molecule has 2 unspecified atom stereocenters. The zero-order valence-corrected chi connectivity index (χ0v) is 14.2. The Morgan fingerprint density at radius 1 is 1.50 bits per heavy atom. The van der Waals surface area contributed by atoms with Crippen molar-refractivity contribution in [2.75, 3.05) is 13.1 Å². The molecule has 0 bridgehead atoms. The van der Waals surface area contributed by atoms with E-state index in [-0.39, 0.29) is 24.4 Å².